The summed E-state index contributed by atoms with van der Waals surface area (Å²) in [5.41, 5.74) is 0. The Morgan fingerprint density at radius 3 is 0.863 bits per heavy atom. The summed E-state index contributed by atoms with van der Waals surface area (Å²) in [6.07, 6.45) is 83.5. The fourth-order valence-electron chi connectivity index (χ4n) is 7.96. The Kier molecular flexibility index (Phi) is 56.9. The Balaban J connectivity index is 4.23. The van der Waals surface area contributed by atoms with Gasteiger partial charge in [0.05, 0.1) is 0 Å². The van der Waals surface area contributed by atoms with E-state index in [2.05, 4.69) is 142 Å². The molecule has 0 amide bonds. The van der Waals surface area contributed by atoms with Crippen LogP contribution in [0.2, 0.25) is 0 Å². The highest BCUT2D eigenvalue weighted by Crippen LogP contribution is 2.14. The summed E-state index contributed by atoms with van der Waals surface area (Å²) in [4.78, 5) is 38.0. The number of allylic oxidation sites excluding steroid dienone is 20. The van der Waals surface area contributed by atoms with Gasteiger partial charge in [0.2, 0.25) is 0 Å². The van der Waals surface area contributed by atoms with Crippen molar-refractivity contribution in [2.45, 2.75) is 271 Å². The summed E-state index contributed by atoms with van der Waals surface area (Å²) in [5, 5.41) is 0. The predicted molar refractivity (Wildman–Crippen MR) is 316 cm³/mol. The second kappa shape index (κ2) is 60.4. The molecule has 0 aliphatic carbocycles. The van der Waals surface area contributed by atoms with Crippen LogP contribution in [0, 0.1) is 0 Å². The quantitative estimate of drug-likeness (QED) is 0.0261. The molecule has 0 saturated carbocycles. The van der Waals surface area contributed by atoms with Crippen molar-refractivity contribution in [1.29, 1.82) is 0 Å². The molecule has 0 N–H and O–H groups in total. The zero-order valence-electron chi connectivity index (χ0n) is 47.4. The van der Waals surface area contributed by atoms with E-state index in [1.165, 1.54) is 89.9 Å². The van der Waals surface area contributed by atoms with Gasteiger partial charge in [-0.05, 0) is 116 Å². The molecule has 73 heavy (non-hydrogen) atoms. The van der Waals surface area contributed by atoms with Crippen LogP contribution in [-0.2, 0) is 28.6 Å². The molecule has 0 spiro atoms. The minimum absolute atomic E-state index is 0.0884. The van der Waals surface area contributed by atoms with Crippen molar-refractivity contribution in [3.63, 3.8) is 0 Å². The van der Waals surface area contributed by atoms with Gasteiger partial charge >= 0.3 is 17.9 Å². The van der Waals surface area contributed by atoms with Gasteiger partial charge in [0.15, 0.2) is 6.10 Å². The lowest BCUT2D eigenvalue weighted by molar-refractivity contribution is -0.167. The second-order valence-electron chi connectivity index (χ2n) is 19.5. The first-order valence-electron chi connectivity index (χ1n) is 30.0. The molecular formula is C67H110O6. The highest BCUT2D eigenvalue weighted by atomic mass is 16.6. The van der Waals surface area contributed by atoms with E-state index in [9.17, 15) is 14.4 Å². The van der Waals surface area contributed by atoms with E-state index in [1.54, 1.807) is 0 Å². The summed E-state index contributed by atoms with van der Waals surface area (Å²) in [7, 11) is 0. The Morgan fingerprint density at radius 2 is 0.534 bits per heavy atom. The molecule has 0 aromatic heterocycles. The summed E-state index contributed by atoms with van der Waals surface area (Å²) < 4.78 is 16.8. The van der Waals surface area contributed by atoms with Crippen molar-refractivity contribution in [2.75, 3.05) is 13.2 Å². The highest BCUT2D eigenvalue weighted by Gasteiger charge is 2.19. The van der Waals surface area contributed by atoms with Crippen LogP contribution < -0.4 is 0 Å². The van der Waals surface area contributed by atoms with Gasteiger partial charge in [0.1, 0.15) is 13.2 Å². The lowest BCUT2D eigenvalue weighted by Gasteiger charge is -2.18. The molecule has 0 aliphatic rings. The lowest BCUT2D eigenvalue weighted by Crippen LogP contribution is -2.30. The predicted octanol–water partition coefficient (Wildman–Crippen LogP) is 20.4. The zero-order valence-corrected chi connectivity index (χ0v) is 47.4. The van der Waals surface area contributed by atoms with Crippen LogP contribution in [0.15, 0.2) is 122 Å². The molecule has 0 saturated heterocycles. The van der Waals surface area contributed by atoms with Crippen molar-refractivity contribution in [2.24, 2.45) is 0 Å². The van der Waals surface area contributed by atoms with Crippen molar-refractivity contribution in [3.8, 4) is 0 Å². The van der Waals surface area contributed by atoms with E-state index in [-0.39, 0.29) is 31.1 Å². The van der Waals surface area contributed by atoms with E-state index in [0.717, 1.165) is 135 Å². The molecule has 0 aromatic rings. The number of esters is 3. The molecule has 414 valence electrons. The monoisotopic (exact) mass is 1010 g/mol. The van der Waals surface area contributed by atoms with Gasteiger partial charge in [0, 0.05) is 19.3 Å². The van der Waals surface area contributed by atoms with E-state index < -0.39 is 6.10 Å². The average molecular weight is 1010 g/mol. The van der Waals surface area contributed by atoms with E-state index in [0.29, 0.717) is 19.3 Å². The second-order valence-corrected chi connectivity index (χ2v) is 19.5. The molecule has 0 aromatic carbocycles. The standard InChI is InChI=1S/C67H110O6/c1-4-7-10-13-16-18-20-22-24-26-28-29-30-31-32-33-34-35-36-37-39-40-42-44-46-48-51-54-57-60-66(69)72-63-64(62-71-65(68)59-56-53-50-15-12-9-6-3)73-67(70)61-58-55-52-49-47-45-43-41-38-27-25-23-21-19-17-14-11-8-5-2/h7,10,16-19,22-25,28-29,31-32,34-35,37-39,41,64H,4-6,8-9,11-15,20-21,26-27,30,33,36,40,42-63H2,1-3H3/b10-7-,18-16-,19-17-,24-22-,25-23-,29-28-,32-31-,35-34-,39-37-,41-38-. The summed E-state index contributed by atoms with van der Waals surface area (Å²) in [6, 6.07) is 0. The fourth-order valence-corrected chi connectivity index (χ4v) is 7.96. The molecule has 6 heteroatoms. The number of ether oxygens (including phenoxy) is 3. The SMILES string of the molecule is CC/C=C\C/C=C\C/C=C\C/C=C\C/C=C\C/C=C\C/C=C\CCCCCCCCCC(=O)OCC(COC(=O)CCCCCCCCC)OC(=O)CCCCCCCC/C=C\C/C=C\C/C=C\CCCCC. The largest absolute Gasteiger partial charge is 0.462 e. The molecule has 0 heterocycles. The first-order valence-corrected chi connectivity index (χ1v) is 30.0. The maximum Gasteiger partial charge on any atom is 0.306 e. The van der Waals surface area contributed by atoms with Gasteiger partial charge in [-0.3, -0.25) is 14.4 Å². The van der Waals surface area contributed by atoms with Gasteiger partial charge < -0.3 is 14.2 Å². The van der Waals surface area contributed by atoms with Crippen LogP contribution in [0.5, 0.6) is 0 Å². The molecule has 0 bridgehead atoms. The Labute approximate surface area is 450 Å². The van der Waals surface area contributed by atoms with Crippen molar-refractivity contribution in [1.82, 2.24) is 0 Å². The van der Waals surface area contributed by atoms with Crippen LogP contribution in [-0.4, -0.2) is 37.2 Å². The minimum Gasteiger partial charge on any atom is -0.462 e. The van der Waals surface area contributed by atoms with E-state index in [4.69, 9.17) is 14.2 Å². The first-order chi connectivity index (χ1) is 36.0. The molecule has 0 radical (unpaired) electrons. The average Bonchev–Trinajstić information content (AvgIpc) is 3.39. The van der Waals surface area contributed by atoms with Gasteiger partial charge in [-0.15, -0.1) is 0 Å². The Morgan fingerprint density at radius 1 is 0.288 bits per heavy atom. The molecule has 1 atom stereocenters. The summed E-state index contributed by atoms with van der Waals surface area (Å²) in [6.45, 7) is 6.43. The smallest absolute Gasteiger partial charge is 0.306 e. The number of hydrogen-bond donors (Lipinski definition) is 0. The maximum atomic E-state index is 12.8. The molecule has 0 rings (SSSR count). The van der Waals surface area contributed by atoms with Gasteiger partial charge in [0.25, 0.3) is 0 Å². The third-order valence-corrected chi connectivity index (χ3v) is 12.5. The Bertz CT molecular complexity index is 1540. The van der Waals surface area contributed by atoms with Crippen LogP contribution in [0.4, 0.5) is 0 Å². The molecule has 0 aliphatic heterocycles. The third kappa shape index (κ3) is 58.6. The lowest BCUT2D eigenvalue weighted by atomic mass is 10.1. The van der Waals surface area contributed by atoms with Crippen LogP contribution in [0.1, 0.15) is 265 Å². The Hall–Kier alpha value is -4.19. The normalized spacial score (nSPS) is 13.0. The number of rotatable bonds is 53. The van der Waals surface area contributed by atoms with Gasteiger partial charge in [-0.1, -0.05) is 251 Å². The number of carbonyl (C=O) groups excluding carboxylic acids is 3. The van der Waals surface area contributed by atoms with Crippen LogP contribution in [0.3, 0.4) is 0 Å². The zero-order chi connectivity index (χ0) is 52.9. The minimum atomic E-state index is -0.790. The highest BCUT2D eigenvalue weighted by molar-refractivity contribution is 5.71. The van der Waals surface area contributed by atoms with Gasteiger partial charge in [-0.25, -0.2) is 0 Å². The van der Waals surface area contributed by atoms with E-state index in [1.807, 2.05) is 0 Å². The maximum absolute atomic E-state index is 12.8. The summed E-state index contributed by atoms with van der Waals surface area (Å²) in [5.74, 6) is -0.920. The first kappa shape index (κ1) is 68.8. The van der Waals surface area contributed by atoms with Crippen LogP contribution >= 0.6 is 0 Å². The molecule has 6 nitrogen and oxygen atoms in total. The van der Waals surface area contributed by atoms with Gasteiger partial charge in [-0.2, -0.15) is 0 Å². The van der Waals surface area contributed by atoms with Crippen LogP contribution in [0.25, 0.3) is 0 Å². The number of hydrogen-bond acceptors (Lipinski definition) is 6. The molecule has 0 fully saturated rings. The van der Waals surface area contributed by atoms with E-state index >= 15 is 0 Å². The topological polar surface area (TPSA) is 78.9 Å². The van der Waals surface area contributed by atoms with Crippen molar-refractivity contribution in [3.05, 3.63) is 122 Å². The fraction of sp³-hybridized carbons (Fsp3) is 0.657. The number of carbonyl (C=O) groups is 3. The van der Waals surface area contributed by atoms with Crippen molar-refractivity contribution < 1.29 is 28.6 Å². The summed E-state index contributed by atoms with van der Waals surface area (Å²) >= 11 is 0. The molecular weight excluding hydrogens is 901 g/mol. The van der Waals surface area contributed by atoms with Crippen molar-refractivity contribution >= 4 is 17.9 Å². The molecule has 1 unspecified atom stereocenters. The number of unbranched alkanes of at least 4 members (excludes halogenated alkanes) is 22. The third-order valence-electron chi connectivity index (χ3n) is 12.5.